The van der Waals surface area contributed by atoms with E-state index in [2.05, 4.69) is 13.0 Å². The van der Waals surface area contributed by atoms with E-state index >= 15 is 0 Å². The second kappa shape index (κ2) is 10.7. The van der Waals surface area contributed by atoms with E-state index < -0.39 is 0 Å². The van der Waals surface area contributed by atoms with Crippen molar-refractivity contribution in [3.8, 4) is 0 Å². The number of hydrogen-bond acceptors (Lipinski definition) is 3. The molecule has 0 aromatic carbocycles. The van der Waals surface area contributed by atoms with Crippen molar-refractivity contribution in [2.45, 2.75) is 33.1 Å². The van der Waals surface area contributed by atoms with E-state index in [1.807, 2.05) is 13.0 Å². The van der Waals surface area contributed by atoms with Crippen molar-refractivity contribution in [2.75, 3.05) is 26.9 Å². The summed E-state index contributed by atoms with van der Waals surface area (Å²) in [5.74, 6) is 0.904. The van der Waals surface area contributed by atoms with Crippen molar-refractivity contribution in [2.24, 2.45) is 5.73 Å². The third-order valence-electron chi connectivity index (χ3n) is 2.18. The first kappa shape index (κ1) is 15.2. The second-order valence-electron chi connectivity index (χ2n) is 3.73. The van der Waals surface area contributed by atoms with Crippen LogP contribution >= 0.6 is 0 Å². The molecule has 0 aliphatic heterocycles. The Morgan fingerprint density at radius 1 is 1.38 bits per heavy atom. The van der Waals surface area contributed by atoms with E-state index in [4.69, 9.17) is 15.2 Å². The van der Waals surface area contributed by atoms with E-state index in [-0.39, 0.29) is 0 Å². The highest BCUT2D eigenvalue weighted by Crippen LogP contribution is 2.08. The van der Waals surface area contributed by atoms with Crippen LogP contribution in [-0.2, 0) is 9.47 Å². The van der Waals surface area contributed by atoms with Crippen molar-refractivity contribution >= 4 is 0 Å². The maximum absolute atomic E-state index is 5.47. The lowest BCUT2D eigenvalue weighted by Crippen LogP contribution is -2.06. The smallest absolute Gasteiger partial charge is 0.119 e. The van der Waals surface area contributed by atoms with Crippen LogP contribution in [0.5, 0.6) is 0 Å². The predicted molar refractivity (Wildman–Crippen MR) is 68.2 cm³/mol. The maximum atomic E-state index is 5.47. The largest absolute Gasteiger partial charge is 0.497 e. The zero-order valence-corrected chi connectivity index (χ0v) is 10.8. The van der Waals surface area contributed by atoms with Gasteiger partial charge in [0.1, 0.15) is 5.76 Å². The highest BCUT2D eigenvalue weighted by atomic mass is 16.5. The molecule has 94 valence electrons. The van der Waals surface area contributed by atoms with Crippen molar-refractivity contribution in [3.63, 3.8) is 0 Å². The Hall–Kier alpha value is -0.800. The van der Waals surface area contributed by atoms with Crippen molar-refractivity contribution < 1.29 is 9.47 Å². The van der Waals surface area contributed by atoms with Gasteiger partial charge in [0.25, 0.3) is 0 Å². The quantitative estimate of drug-likeness (QED) is 0.374. The molecule has 0 spiro atoms. The number of allylic oxidation sites excluding steroid dienone is 2. The summed E-state index contributed by atoms with van der Waals surface area (Å²) in [6, 6.07) is 0. The monoisotopic (exact) mass is 227 g/mol. The number of nitrogens with two attached hydrogens (primary N) is 1. The lowest BCUT2D eigenvalue weighted by atomic mass is 10.2. The highest BCUT2D eigenvalue weighted by molar-refractivity contribution is 5.19. The van der Waals surface area contributed by atoms with Gasteiger partial charge in [0.05, 0.1) is 13.7 Å². The van der Waals surface area contributed by atoms with Crippen LogP contribution < -0.4 is 5.73 Å². The molecule has 0 aromatic rings. The predicted octanol–water partition coefficient (Wildman–Crippen LogP) is 2.63. The Bertz CT molecular complexity index is 222. The fraction of sp³-hybridized carbons (Fsp3) is 0.692. The molecule has 0 aromatic heterocycles. The van der Waals surface area contributed by atoms with Gasteiger partial charge in [-0.3, -0.25) is 0 Å². The molecule has 0 radical (unpaired) electrons. The Morgan fingerprint density at radius 2 is 2.12 bits per heavy atom. The van der Waals surface area contributed by atoms with E-state index in [0.717, 1.165) is 30.6 Å². The minimum Gasteiger partial charge on any atom is -0.497 e. The van der Waals surface area contributed by atoms with Gasteiger partial charge in [0.15, 0.2) is 0 Å². The summed E-state index contributed by atoms with van der Waals surface area (Å²) in [4.78, 5) is 0. The molecule has 0 atom stereocenters. The van der Waals surface area contributed by atoms with Crippen LogP contribution in [0.15, 0.2) is 23.5 Å². The lowest BCUT2D eigenvalue weighted by molar-refractivity contribution is 0.150. The zero-order valence-electron chi connectivity index (χ0n) is 10.8. The van der Waals surface area contributed by atoms with Crippen LogP contribution in [0.3, 0.4) is 0 Å². The summed E-state index contributed by atoms with van der Waals surface area (Å²) in [6.07, 6.45) is 7.28. The van der Waals surface area contributed by atoms with Gasteiger partial charge in [-0.1, -0.05) is 19.4 Å². The Labute approximate surface area is 99.3 Å². The topological polar surface area (TPSA) is 44.5 Å². The molecule has 0 saturated carbocycles. The van der Waals surface area contributed by atoms with Crippen LogP contribution in [0.25, 0.3) is 0 Å². The molecule has 0 unspecified atom stereocenters. The summed E-state index contributed by atoms with van der Waals surface area (Å²) >= 11 is 0. The molecular weight excluding hydrogens is 202 g/mol. The average Bonchev–Trinajstić information content (AvgIpc) is 2.30. The number of hydrogen-bond donors (Lipinski definition) is 1. The number of rotatable bonds is 9. The number of unbranched alkanes of at least 4 members (excludes halogenated alkanes) is 1. The van der Waals surface area contributed by atoms with Gasteiger partial charge in [-0.25, -0.2) is 0 Å². The van der Waals surface area contributed by atoms with Crippen molar-refractivity contribution in [3.05, 3.63) is 23.5 Å². The third-order valence-corrected chi connectivity index (χ3v) is 2.18. The molecule has 0 aliphatic rings. The van der Waals surface area contributed by atoms with Crippen molar-refractivity contribution in [1.29, 1.82) is 0 Å². The van der Waals surface area contributed by atoms with Gasteiger partial charge in [-0.2, -0.15) is 0 Å². The summed E-state index contributed by atoms with van der Waals surface area (Å²) in [7, 11) is 1.69. The SMILES string of the molecule is CCC/C=C\C(OC)=C(\C)COCCCN. The van der Waals surface area contributed by atoms with Gasteiger partial charge in [0.2, 0.25) is 0 Å². The molecule has 3 nitrogen and oxygen atoms in total. The molecule has 0 heterocycles. The molecule has 16 heavy (non-hydrogen) atoms. The van der Waals surface area contributed by atoms with Crippen molar-refractivity contribution in [1.82, 2.24) is 0 Å². The normalized spacial score (nSPS) is 13.0. The van der Waals surface area contributed by atoms with Gasteiger partial charge < -0.3 is 15.2 Å². The molecule has 0 amide bonds. The first-order valence-corrected chi connectivity index (χ1v) is 5.94. The van der Waals surface area contributed by atoms with E-state index in [1.165, 1.54) is 0 Å². The molecule has 2 N–H and O–H groups in total. The first-order valence-electron chi connectivity index (χ1n) is 5.94. The Morgan fingerprint density at radius 3 is 2.69 bits per heavy atom. The molecule has 0 aliphatic carbocycles. The summed E-state index contributed by atoms with van der Waals surface area (Å²) in [5.41, 5.74) is 6.50. The number of ether oxygens (including phenoxy) is 2. The van der Waals surface area contributed by atoms with Crippen LogP contribution in [0.2, 0.25) is 0 Å². The summed E-state index contributed by atoms with van der Waals surface area (Å²) < 4.78 is 10.8. The van der Waals surface area contributed by atoms with E-state index in [0.29, 0.717) is 19.8 Å². The second-order valence-corrected chi connectivity index (χ2v) is 3.73. The first-order chi connectivity index (χ1) is 7.76. The van der Waals surface area contributed by atoms with Gasteiger partial charge in [-0.05, 0) is 38.0 Å². The molecule has 0 bridgehead atoms. The summed E-state index contributed by atoms with van der Waals surface area (Å²) in [5, 5.41) is 0. The Kier molecular flexibility index (Phi) is 10.2. The fourth-order valence-corrected chi connectivity index (χ4v) is 1.22. The molecule has 0 saturated heterocycles. The highest BCUT2D eigenvalue weighted by Gasteiger charge is 1.99. The average molecular weight is 227 g/mol. The van der Waals surface area contributed by atoms with Crippen LogP contribution in [-0.4, -0.2) is 26.9 Å². The fourth-order valence-electron chi connectivity index (χ4n) is 1.22. The van der Waals surface area contributed by atoms with E-state index in [1.54, 1.807) is 7.11 Å². The van der Waals surface area contributed by atoms with Gasteiger partial charge in [0, 0.05) is 6.61 Å². The molecule has 0 fully saturated rings. The van der Waals surface area contributed by atoms with Crippen LogP contribution in [0, 0.1) is 0 Å². The third kappa shape index (κ3) is 7.49. The van der Waals surface area contributed by atoms with E-state index in [9.17, 15) is 0 Å². The maximum Gasteiger partial charge on any atom is 0.119 e. The van der Waals surface area contributed by atoms with Gasteiger partial charge >= 0.3 is 0 Å². The number of methoxy groups -OCH3 is 1. The van der Waals surface area contributed by atoms with Crippen LogP contribution in [0.1, 0.15) is 33.1 Å². The van der Waals surface area contributed by atoms with Gasteiger partial charge in [-0.15, -0.1) is 0 Å². The van der Waals surface area contributed by atoms with Crippen LogP contribution in [0.4, 0.5) is 0 Å². The molecule has 0 rings (SSSR count). The standard InChI is InChI=1S/C13H25NO2/c1-4-5-6-8-13(15-3)12(2)11-16-10-7-9-14/h6,8H,4-5,7,9-11,14H2,1-3H3/b8-6-,13-12+. The Balaban J connectivity index is 4.05. The molecular formula is C13H25NO2. The minimum atomic E-state index is 0.611. The zero-order chi connectivity index (χ0) is 12.2. The summed E-state index contributed by atoms with van der Waals surface area (Å²) in [6.45, 7) is 6.18. The minimum absolute atomic E-state index is 0.611. The molecule has 3 heteroatoms. The lowest BCUT2D eigenvalue weighted by Gasteiger charge is -2.08.